The van der Waals surface area contributed by atoms with Crippen molar-refractivity contribution in [2.75, 3.05) is 6.61 Å². The molecule has 7 heteroatoms. The molecule has 0 saturated heterocycles. The zero-order valence-electron chi connectivity index (χ0n) is 14.2. The second-order valence-electron chi connectivity index (χ2n) is 6.37. The molecule has 2 aromatic rings. The standard InChI is InChI=1S/C19H17ClN2O3S/c1-12-11-26-17(22-12)15(9-21)16(23)10-25-18(24)19(7-2-8-19)13-3-5-14(20)6-4-13/h3-6,11,15H,2,7-8,10H2,1H3. The molecule has 1 aliphatic carbocycles. The first-order valence-electron chi connectivity index (χ1n) is 8.24. The fraction of sp³-hybridized carbons (Fsp3) is 0.368. The predicted molar refractivity (Wildman–Crippen MR) is 98.2 cm³/mol. The SMILES string of the molecule is Cc1csc(C(C#N)C(=O)COC(=O)C2(c3ccc(Cl)cc3)CCC2)n1. The molecule has 1 aromatic heterocycles. The van der Waals surface area contributed by atoms with Gasteiger partial charge in [-0.25, -0.2) is 4.98 Å². The van der Waals surface area contributed by atoms with Gasteiger partial charge in [-0.1, -0.05) is 30.2 Å². The van der Waals surface area contributed by atoms with Crippen LogP contribution in [0, 0.1) is 18.3 Å². The van der Waals surface area contributed by atoms with E-state index in [4.69, 9.17) is 16.3 Å². The van der Waals surface area contributed by atoms with Gasteiger partial charge in [-0.2, -0.15) is 5.26 Å². The van der Waals surface area contributed by atoms with Crippen molar-refractivity contribution in [1.29, 1.82) is 5.26 Å². The van der Waals surface area contributed by atoms with Crippen LogP contribution in [0.4, 0.5) is 0 Å². The third kappa shape index (κ3) is 3.50. The lowest BCUT2D eigenvalue weighted by Crippen LogP contribution is -2.44. The average molecular weight is 389 g/mol. The van der Waals surface area contributed by atoms with E-state index in [1.807, 2.05) is 18.2 Å². The third-order valence-corrected chi connectivity index (χ3v) is 5.95. The largest absolute Gasteiger partial charge is 0.457 e. The minimum atomic E-state index is -1.01. The number of benzene rings is 1. The number of nitrogens with zero attached hydrogens (tertiary/aromatic N) is 2. The summed E-state index contributed by atoms with van der Waals surface area (Å²) in [5.74, 6) is -1.89. The van der Waals surface area contributed by atoms with E-state index in [-0.39, 0.29) is 0 Å². The van der Waals surface area contributed by atoms with Gasteiger partial charge < -0.3 is 4.74 Å². The number of Topliss-reactive ketones (excluding diaryl/α,β-unsaturated/α-hetero) is 1. The van der Waals surface area contributed by atoms with Crippen LogP contribution in [-0.2, 0) is 19.7 Å². The molecule has 1 aromatic carbocycles. The van der Waals surface area contributed by atoms with Crippen molar-refractivity contribution in [1.82, 2.24) is 4.98 Å². The number of ether oxygens (including phenoxy) is 1. The Morgan fingerprint density at radius 3 is 2.58 bits per heavy atom. The van der Waals surface area contributed by atoms with Crippen molar-refractivity contribution >= 4 is 34.7 Å². The van der Waals surface area contributed by atoms with E-state index in [2.05, 4.69) is 4.98 Å². The maximum absolute atomic E-state index is 12.7. The summed E-state index contributed by atoms with van der Waals surface area (Å²) in [7, 11) is 0. The number of ketones is 1. The van der Waals surface area contributed by atoms with E-state index in [0.29, 0.717) is 22.9 Å². The second-order valence-corrected chi connectivity index (χ2v) is 7.70. The van der Waals surface area contributed by atoms with E-state index in [9.17, 15) is 14.9 Å². The molecule has 0 bridgehead atoms. The Hall–Kier alpha value is -2.23. The molecular formula is C19H17ClN2O3S. The number of thiazole rings is 1. The number of halogens is 1. The number of carbonyl (C=O) groups is 2. The summed E-state index contributed by atoms with van der Waals surface area (Å²) in [6, 6.07) is 9.08. The molecule has 0 spiro atoms. The molecule has 1 atom stereocenters. The highest BCUT2D eigenvalue weighted by atomic mass is 35.5. The fourth-order valence-electron chi connectivity index (χ4n) is 3.04. The Morgan fingerprint density at radius 2 is 2.08 bits per heavy atom. The van der Waals surface area contributed by atoms with Crippen molar-refractivity contribution in [2.45, 2.75) is 37.5 Å². The first-order chi connectivity index (χ1) is 12.5. The van der Waals surface area contributed by atoms with Gasteiger partial charge in [0.2, 0.25) is 0 Å². The second kappa shape index (κ2) is 7.56. The van der Waals surface area contributed by atoms with Crippen LogP contribution < -0.4 is 0 Å². The molecule has 134 valence electrons. The van der Waals surface area contributed by atoms with Gasteiger partial charge in [-0.3, -0.25) is 9.59 Å². The fourth-order valence-corrected chi connectivity index (χ4v) is 4.02. The lowest BCUT2D eigenvalue weighted by molar-refractivity contribution is -0.157. The van der Waals surface area contributed by atoms with Crippen LogP contribution in [0.1, 0.15) is 41.4 Å². The maximum Gasteiger partial charge on any atom is 0.316 e. The minimum absolute atomic E-state index is 0.425. The molecule has 5 nitrogen and oxygen atoms in total. The van der Waals surface area contributed by atoms with Crippen molar-refractivity contribution < 1.29 is 14.3 Å². The Bertz CT molecular complexity index is 866. The minimum Gasteiger partial charge on any atom is -0.457 e. The van der Waals surface area contributed by atoms with E-state index in [1.165, 1.54) is 11.3 Å². The van der Waals surface area contributed by atoms with Gasteiger partial charge in [0, 0.05) is 16.1 Å². The zero-order chi connectivity index (χ0) is 18.7. The van der Waals surface area contributed by atoms with Crippen LogP contribution in [0.3, 0.4) is 0 Å². The van der Waals surface area contributed by atoms with Crippen LogP contribution in [0.25, 0.3) is 0 Å². The lowest BCUT2D eigenvalue weighted by Gasteiger charge is -2.39. The van der Waals surface area contributed by atoms with Crippen LogP contribution in [0.15, 0.2) is 29.6 Å². The Morgan fingerprint density at radius 1 is 1.38 bits per heavy atom. The summed E-state index contributed by atoms with van der Waals surface area (Å²) < 4.78 is 5.31. The molecular weight excluding hydrogens is 372 g/mol. The van der Waals surface area contributed by atoms with E-state index in [0.717, 1.165) is 17.7 Å². The first kappa shape index (κ1) is 18.6. The Labute approximate surface area is 160 Å². The van der Waals surface area contributed by atoms with Crippen LogP contribution in [0.2, 0.25) is 5.02 Å². The van der Waals surface area contributed by atoms with Gasteiger partial charge in [0.15, 0.2) is 18.3 Å². The number of rotatable bonds is 6. The molecule has 0 amide bonds. The highest BCUT2D eigenvalue weighted by Crippen LogP contribution is 2.45. The van der Waals surface area contributed by atoms with E-state index < -0.39 is 29.7 Å². The zero-order valence-corrected chi connectivity index (χ0v) is 15.8. The van der Waals surface area contributed by atoms with Gasteiger partial charge in [0.1, 0.15) is 5.01 Å². The van der Waals surface area contributed by atoms with Crippen molar-refractivity contribution in [2.24, 2.45) is 0 Å². The van der Waals surface area contributed by atoms with Gasteiger partial charge >= 0.3 is 5.97 Å². The molecule has 1 fully saturated rings. The summed E-state index contributed by atoms with van der Waals surface area (Å²) in [6.45, 7) is 1.37. The van der Waals surface area contributed by atoms with Gasteiger partial charge in [-0.05, 0) is 37.5 Å². The highest BCUT2D eigenvalue weighted by Gasteiger charge is 2.47. The van der Waals surface area contributed by atoms with Gasteiger partial charge in [0.05, 0.1) is 11.5 Å². The molecule has 1 heterocycles. The Kier molecular flexibility index (Phi) is 5.40. The number of aromatic nitrogens is 1. The van der Waals surface area contributed by atoms with E-state index >= 15 is 0 Å². The highest BCUT2D eigenvalue weighted by molar-refractivity contribution is 7.09. The molecule has 0 N–H and O–H groups in total. The first-order valence-corrected chi connectivity index (χ1v) is 9.50. The molecule has 1 aliphatic rings. The number of hydrogen-bond donors (Lipinski definition) is 0. The maximum atomic E-state index is 12.7. The average Bonchev–Trinajstić information content (AvgIpc) is 3.00. The number of hydrogen-bond acceptors (Lipinski definition) is 6. The monoisotopic (exact) mass is 388 g/mol. The quantitative estimate of drug-likeness (QED) is 0.700. The number of aryl methyl sites for hydroxylation is 1. The number of nitriles is 1. The Balaban J connectivity index is 1.68. The summed E-state index contributed by atoms with van der Waals surface area (Å²) in [6.07, 6.45) is 2.27. The predicted octanol–water partition coefficient (Wildman–Crippen LogP) is 3.95. The van der Waals surface area contributed by atoms with Crippen molar-refractivity contribution in [3.8, 4) is 6.07 Å². The van der Waals surface area contributed by atoms with Crippen molar-refractivity contribution in [3.63, 3.8) is 0 Å². The summed E-state index contributed by atoms with van der Waals surface area (Å²) in [5.41, 5.74) is 0.884. The summed E-state index contributed by atoms with van der Waals surface area (Å²) in [5, 5.41) is 12.1. The smallest absolute Gasteiger partial charge is 0.316 e. The van der Waals surface area contributed by atoms with Gasteiger partial charge in [-0.15, -0.1) is 11.3 Å². The van der Waals surface area contributed by atoms with E-state index in [1.54, 1.807) is 24.4 Å². The van der Waals surface area contributed by atoms with Crippen molar-refractivity contribution in [3.05, 3.63) is 50.9 Å². The lowest BCUT2D eigenvalue weighted by atomic mass is 9.64. The normalized spacial score (nSPS) is 16.2. The summed E-state index contributed by atoms with van der Waals surface area (Å²) in [4.78, 5) is 29.2. The molecule has 26 heavy (non-hydrogen) atoms. The van der Waals surface area contributed by atoms with Gasteiger partial charge in [0.25, 0.3) is 0 Å². The van der Waals surface area contributed by atoms with Crippen LogP contribution in [-0.4, -0.2) is 23.3 Å². The van der Waals surface area contributed by atoms with Crippen LogP contribution in [0.5, 0.6) is 0 Å². The molecule has 3 rings (SSSR count). The topological polar surface area (TPSA) is 80.0 Å². The summed E-state index contributed by atoms with van der Waals surface area (Å²) >= 11 is 7.18. The number of carbonyl (C=O) groups excluding carboxylic acids is 2. The number of esters is 1. The molecule has 0 radical (unpaired) electrons. The van der Waals surface area contributed by atoms with Crippen LogP contribution >= 0.6 is 22.9 Å². The molecule has 1 saturated carbocycles. The molecule has 0 aliphatic heterocycles. The third-order valence-electron chi connectivity index (χ3n) is 4.67. The molecule has 1 unspecified atom stereocenters.